The van der Waals surface area contributed by atoms with Gasteiger partial charge in [0.05, 0.1) is 24.9 Å². The Morgan fingerprint density at radius 2 is 2.12 bits per heavy atom. The van der Waals surface area contributed by atoms with Crippen LogP contribution < -0.4 is 10.2 Å². The third-order valence-electron chi connectivity index (χ3n) is 5.10. The molecule has 0 saturated carbocycles. The van der Waals surface area contributed by atoms with E-state index >= 15 is 0 Å². The fraction of sp³-hybridized carbons (Fsp3) is 0.286. The van der Waals surface area contributed by atoms with Crippen molar-refractivity contribution in [2.45, 2.75) is 25.6 Å². The van der Waals surface area contributed by atoms with Crippen LogP contribution in [0.15, 0.2) is 42.5 Å². The summed E-state index contributed by atoms with van der Waals surface area (Å²) < 4.78 is 20.1. The molecule has 0 unspecified atom stereocenters. The number of anilines is 1. The molecule has 2 amide bonds. The first-order valence-electron chi connectivity index (χ1n) is 9.94. The van der Waals surface area contributed by atoms with Crippen LogP contribution >= 0.6 is 0 Å². The Hall–Kier alpha value is -3.86. The minimum absolute atomic E-state index is 0.198. The number of benzene rings is 2. The summed E-state index contributed by atoms with van der Waals surface area (Å²) in [6.45, 7) is 1.79. The number of amides is 2. The van der Waals surface area contributed by atoms with Crippen molar-refractivity contribution < 1.29 is 23.8 Å². The maximum atomic E-state index is 14.9. The summed E-state index contributed by atoms with van der Waals surface area (Å²) in [5.74, 6) is -0.256. The van der Waals surface area contributed by atoms with E-state index in [1.165, 1.54) is 17.9 Å². The van der Waals surface area contributed by atoms with Crippen molar-refractivity contribution in [3.8, 4) is 11.1 Å². The molecular weight excluding hydrogens is 419 g/mol. The third kappa shape index (κ3) is 4.72. The predicted octanol–water partition coefficient (Wildman–Crippen LogP) is 1.74. The fourth-order valence-electron chi connectivity index (χ4n) is 3.45. The van der Waals surface area contributed by atoms with Gasteiger partial charge in [0.2, 0.25) is 5.91 Å². The van der Waals surface area contributed by atoms with Gasteiger partial charge >= 0.3 is 6.09 Å². The Labute approximate surface area is 182 Å². The lowest BCUT2D eigenvalue weighted by Crippen LogP contribution is -2.33. The maximum Gasteiger partial charge on any atom is 0.414 e. The molecule has 3 aromatic rings. The SMILES string of the molecule is CC(=O)NC[C@H]1CN(c2ccc(-c3ccc([C@H](O)Cc4nnn[nH]4)cc3)c(F)c2)C(=O)O1. The number of cyclic esters (lactones) is 1. The first kappa shape index (κ1) is 21.4. The van der Waals surface area contributed by atoms with Crippen molar-refractivity contribution in [1.82, 2.24) is 25.9 Å². The first-order valence-corrected chi connectivity index (χ1v) is 9.94. The molecule has 0 bridgehead atoms. The number of rotatable bonds is 7. The summed E-state index contributed by atoms with van der Waals surface area (Å²) in [4.78, 5) is 24.5. The second kappa shape index (κ2) is 9.10. The van der Waals surface area contributed by atoms with Crippen LogP contribution in [0.3, 0.4) is 0 Å². The van der Waals surface area contributed by atoms with Crippen molar-refractivity contribution in [2.75, 3.05) is 18.0 Å². The molecule has 1 fully saturated rings. The smallest absolute Gasteiger partial charge is 0.414 e. The number of hydrogen-bond acceptors (Lipinski definition) is 7. The molecule has 2 aromatic carbocycles. The van der Waals surface area contributed by atoms with E-state index in [9.17, 15) is 19.1 Å². The number of carbonyl (C=O) groups is 2. The standard InChI is InChI=1S/C21H21FN6O4/c1-12(29)23-10-16-11-28(21(31)32-16)15-6-7-17(18(22)8-15)13-2-4-14(5-3-13)19(30)9-20-24-26-27-25-20/h2-8,16,19,30H,9-11H2,1H3,(H,23,29)(H,24,25,26,27)/t16-,19+/m0/s1. The lowest BCUT2D eigenvalue weighted by Gasteiger charge is -2.15. The van der Waals surface area contributed by atoms with Gasteiger partial charge in [0, 0.05) is 18.9 Å². The van der Waals surface area contributed by atoms with E-state index in [-0.39, 0.29) is 25.4 Å². The average Bonchev–Trinajstić information content (AvgIpc) is 3.41. The molecular formula is C21H21FN6O4. The Morgan fingerprint density at radius 1 is 1.34 bits per heavy atom. The molecule has 11 heteroatoms. The van der Waals surface area contributed by atoms with Crippen molar-refractivity contribution in [3.05, 3.63) is 59.7 Å². The molecule has 166 valence electrons. The van der Waals surface area contributed by atoms with Crippen LogP contribution in [0, 0.1) is 5.82 Å². The van der Waals surface area contributed by atoms with Crippen molar-refractivity contribution in [2.24, 2.45) is 0 Å². The monoisotopic (exact) mass is 440 g/mol. The topological polar surface area (TPSA) is 133 Å². The highest BCUT2D eigenvalue weighted by Crippen LogP contribution is 2.30. The molecule has 3 N–H and O–H groups in total. The molecule has 0 radical (unpaired) electrons. The van der Waals surface area contributed by atoms with Crippen LogP contribution in [0.1, 0.15) is 24.4 Å². The highest BCUT2D eigenvalue weighted by atomic mass is 19.1. The number of nitrogens with one attached hydrogen (secondary N) is 2. The zero-order valence-corrected chi connectivity index (χ0v) is 17.2. The Bertz CT molecular complexity index is 1110. The van der Waals surface area contributed by atoms with Gasteiger partial charge in [-0.15, -0.1) is 5.10 Å². The van der Waals surface area contributed by atoms with E-state index in [4.69, 9.17) is 4.74 Å². The molecule has 1 aromatic heterocycles. The average molecular weight is 440 g/mol. The molecule has 0 aliphatic carbocycles. The van der Waals surface area contributed by atoms with Crippen molar-refractivity contribution in [1.29, 1.82) is 0 Å². The molecule has 1 aliphatic rings. The molecule has 10 nitrogen and oxygen atoms in total. The molecule has 2 heterocycles. The molecule has 4 rings (SSSR count). The second-order valence-corrected chi connectivity index (χ2v) is 7.41. The summed E-state index contributed by atoms with van der Waals surface area (Å²) >= 11 is 0. The maximum absolute atomic E-state index is 14.9. The normalized spacial score (nSPS) is 16.7. The number of nitrogens with zero attached hydrogens (tertiary/aromatic N) is 4. The molecule has 1 saturated heterocycles. The van der Waals surface area contributed by atoms with E-state index in [2.05, 4.69) is 25.9 Å². The van der Waals surface area contributed by atoms with Gasteiger partial charge in [-0.3, -0.25) is 9.69 Å². The van der Waals surface area contributed by atoms with Gasteiger partial charge < -0.3 is 15.2 Å². The number of aliphatic hydroxyl groups excluding tert-OH is 1. The predicted molar refractivity (Wildman–Crippen MR) is 111 cm³/mol. The molecule has 1 aliphatic heterocycles. The fourth-order valence-corrected chi connectivity index (χ4v) is 3.45. The summed E-state index contributed by atoms with van der Waals surface area (Å²) in [5.41, 5.74) is 2.00. The highest BCUT2D eigenvalue weighted by Gasteiger charge is 2.32. The molecule has 2 atom stereocenters. The molecule has 32 heavy (non-hydrogen) atoms. The van der Waals surface area contributed by atoms with Gasteiger partial charge in [-0.1, -0.05) is 24.3 Å². The van der Waals surface area contributed by atoms with Crippen LogP contribution in [0.25, 0.3) is 11.1 Å². The lowest BCUT2D eigenvalue weighted by molar-refractivity contribution is -0.119. The van der Waals surface area contributed by atoms with Gasteiger partial charge in [0.25, 0.3) is 0 Å². The second-order valence-electron chi connectivity index (χ2n) is 7.41. The van der Waals surface area contributed by atoms with Crippen LogP contribution in [0.4, 0.5) is 14.9 Å². The number of ether oxygens (including phenoxy) is 1. The van der Waals surface area contributed by atoms with E-state index in [1.807, 2.05) is 0 Å². The quantitative estimate of drug-likeness (QED) is 0.510. The summed E-state index contributed by atoms with van der Waals surface area (Å²) in [7, 11) is 0. The van der Waals surface area contributed by atoms with Crippen LogP contribution in [0.5, 0.6) is 0 Å². The number of H-pyrrole nitrogens is 1. The summed E-state index contributed by atoms with van der Waals surface area (Å²) in [6, 6.07) is 11.3. The molecule has 0 spiro atoms. The number of aromatic nitrogens is 4. The Balaban J connectivity index is 1.45. The lowest BCUT2D eigenvalue weighted by atomic mass is 10.00. The number of tetrazole rings is 1. The number of carbonyl (C=O) groups excluding carboxylic acids is 2. The van der Waals surface area contributed by atoms with Gasteiger partial charge in [0.1, 0.15) is 11.9 Å². The van der Waals surface area contributed by atoms with Gasteiger partial charge in [0.15, 0.2) is 5.82 Å². The van der Waals surface area contributed by atoms with Gasteiger partial charge in [-0.05, 0) is 39.8 Å². The number of aliphatic hydroxyl groups is 1. The number of halogens is 1. The van der Waals surface area contributed by atoms with Crippen molar-refractivity contribution in [3.63, 3.8) is 0 Å². The summed E-state index contributed by atoms with van der Waals surface area (Å²) in [6.07, 6.45) is -1.67. The van der Waals surface area contributed by atoms with E-state index < -0.39 is 24.1 Å². The minimum Gasteiger partial charge on any atom is -0.442 e. The van der Waals surface area contributed by atoms with E-state index in [1.54, 1.807) is 36.4 Å². The van der Waals surface area contributed by atoms with E-state index in [0.717, 1.165) is 0 Å². The van der Waals surface area contributed by atoms with Crippen LogP contribution in [-0.2, 0) is 16.0 Å². The Kier molecular flexibility index (Phi) is 6.08. The minimum atomic E-state index is -0.808. The van der Waals surface area contributed by atoms with Gasteiger partial charge in [-0.25, -0.2) is 14.3 Å². The Morgan fingerprint density at radius 3 is 2.78 bits per heavy atom. The zero-order valence-electron chi connectivity index (χ0n) is 17.2. The zero-order chi connectivity index (χ0) is 22.7. The van der Waals surface area contributed by atoms with E-state index in [0.29, 0.717) is 28.2 Å². The number of aromatic amines is 1. The largest absolute Gasteiger partial charge is 0.442 e. The highest BCUT2D eigenvalue weighted by molar-refractivity contribution is 5.90. The van der Waals surface area contributed by atoms with Crippen LogP contribution in [0.2, 0.25) is 0 Å². The van der Waals surface area contributed by atoms with Gasteiger partial charge in [-0.2, -0.15) is 0 Å². The van der Waals surface area contributed by atoms with Crippen LogP contribution in [-0.4, -0.2) is 56.9 Å². The third-order valence-corrected chi connectivity index (χ3v) is 5.10. The van der Waals surface area contributed by atoms with Crippen molar-refractivity contribution >= 4 is 17.7 Å². The summed E-state index contributed by atoms with van der Waals surface area (Å²) in [5, 5.41) is 26.2. The first-order chi connectivity index (χ1) is 15.4. The number of hydrogen-bond donors (Lipinski definition) is 3.